The number of carbonyl (C=O) groups is 2. The highest BCUT2D eigenvalue weighted by molar-refractivity contribution is 5.78. The number of ether oxygens (including phenoxy) is 2. The maximum Gasteiger partial charge on any atom is 0.224 e. The largest absolute Gasteiger partial charge is 0.385 e. The molecule has 1 aliphatic rings. The molecule has 0 radical (unpaired) electrons. The summed E-state index contributed by atoms with van der Waals surface area (Å²) in [5.74, 6) is 0.104. The minimum Gasteiger partial charge on any atom is -0.385 e. The molecule has 0 saturated carbocycles. The second-order valence-electron chi connectivity index (χ2n) is 4.60. The van der Waals surface area contributed by atoms with Gasteiger partial charge in [-0.3, -0.25) is 9.59 Å². The lowest BCUT2D eigenvalue weighted by Crippen LogP contribution is -2.42. The third-order valence-electron chi connectivity index (χ3n) is 3.18. The molecule has 0 aromatic heterocycles. The summed E-state index contributed by atoms with van der Waals surface area (Å²) < 4.78 is 10.2. The first-order valence-electron chi connectivity index (χ1n) is 6.75. The van der Waals surface area contributed by atoms with Crippen molar-refractivity contribution in [2.75, 3.05) is 53.1 Å². The second-order valence-corrected chi connectivity index (χ2v) is 4.60. The van der Waals surface area contributed by atoms with Crippen molar-refractivity contribution < 1.29 is 19.1 Å². The molecule has 6 nitrogen and oxygen atoms in total. The summed E-state index contributed by atoms with van der Waals surface area (Å²) in [6.45, 7) is 5.80. The minimum atomic E-state index is 0.00544. The summed E-state index contributed by atoms with van der Waals surface area (Å²) in [4.78, 5) is 26.9. The fourth-order valence-electron chi connectivity index (χ4n) is 2.03. The molecule has 1 heterocycles. The van der Waals surface area contributed by atoms with Crippen LogP contribution in [0, 0.1) is 0 Å². The highest BCUT2D eigenvalue weighted by atomic mass is 16.5. The fraction of sp³-hybridized carbons (Fsp3) is 0.846. The Kier molecular flexibility index (Phi) is 7.43. The van der Waals surface area contributed by atoms with Crippen molar-refractivity contribution in [2.45, 2.75) is 19.8 Å². The normalized spacial score (nSPS) is 15.4. The van der Waals surface area contributed by atoms with Crippen LogP contribution < -0.4 is 0 Å². The maximum absolute atomic E-state index is 12.0. The summed E-state index contributed by atoms with van der Waals surface area (Å²) in [5, 5.41) is 0. The van der Waals surface area contributed by atoms with Gasteiger partial charge in [-0.05, 0) is 6.42 Å². The lowest BCUT2D eigenvalue weighted by molar-refractivity contribution is -0.136. The number of morpholine rings is 1. The van der Waals surface area contributed by atoms with Crippen molar-refractivity contribution in [3.63, 3.8) is 0 Å². The zero-order chi connectivity index (χ0) is 14.1. The van der Waals surface area contributed by atoms with Crippen molar-refractivity contribution in [3.05, 3.63) is 0 Å². The van der Waals surface area contributed by atoms with Gasteiger partial charge in [0.15, 0.2) is 0 Å². The van der Waals surface area contributed by atoms with E-state index in [1.165, 1.54) is 6.92 Å². The Balaban J connectivity index is 2.29. The maximum atomic E-state index is 12.0. The molecule has 1 rings (SSSR count). The van der Waals surface area contributed by atoms with E-state index >= 15 is 0 Å². The van der Waals surface area contributed by atoms with E-state index in [0.717, 1.165) is 6.42 Å². The fourth-order valence-corrected chi connectivity index (χ4v) is 2.03. The van der Waals surface area contributed by atoms with Gasteiger partial charge in [-0.1, -0.05) is 0 Å². The molecule has 19 heavy (non-hydrogen) atoms. The van der Waals surface area contributed by atoms with Crippen molar-refractivity contribution in [2.24, 2.45) is 0 Å². The Morgan fingerprint density at radius 2 is 1.95 bits per heavy atom. The first-order chi connectivity index (χ1) is 9.15. The zero-order valence-corrected chi connectivity index (χ0v) is 11.9. The van der Waals surface area contributed by atoms with Crippen LogP contribution in [0.15, 0.2) is 0 Å². The van der Waals surface area contributed by atoms with Crippen LogP contribution in [0.5, 0.6) is 0 Å². The third-order valence-corrected chi connectivity index (χ3v) is 3.18. The number of hydrogen-bond acceptors (Lipinski definition) is 4. The van der Waals surface area contributed by atoms with Crippen molar-refractivity contribution in [1.29, 1.82) is 0 Å². The molecule has 0 aliphatic carbocycles. The van der Waals surface area contributed by atoms with Crippen molar-refractivity contribution in [3.8, 4) is 0 Å². The standard InChI is InChI=1S/C13H24N2O4/c1-12(16)14(5-3-9-18-2)6-4-13(17)15-7-10-19-11-8-15/h3-11H2,1-2H3. The molecule has 0 bridgehead atoms. The highest BCUT2D eigenvalue weighted by Crippen LogP contribution is 2.03. The first kappa shape index (κ1) is 15.9. The van der Waals surface area contributed by atoms with Gasteiger partial charge < -0.3 is 19.3 Å². The smallest absolute Gasteiger partial charge is 0.224 e. The predicted molar refractivity (Wildman–Crippen MR) is 70.8 cm³/mol. The molecule has 1 saturated heterocycles. The van der Waals surface area contributed by atoms with Gasteiger partial charge in [0, 0.05) is 53.2 Å². The van der Waals surface area contributed by atoms with Gasteiger partial charge in [-0.25, -0.2) is 0 Å². The van der Waals surface area contributed by atoms with Crippen LogP contribution in [0.25, 0.3) is 0 Å². The van der Waals surface area contributed by atoms with Crippen LogP contribution >= 0.6 is 0 Å². The van der Waals surface area contributed by atoms with Gasteiger partial charge in [0.1, 0.15) is 0 Å². The summed E-state index contributed by atoms with van der Waals surface area (Å²) >= 11 is 0. The van der Waals surface area contributed by atoms with Gasteiger partial charge in [0.25, 0.3) is 0 Å². The number of rotatable bonds is 7. The van der Waals surface area contributed by atoms with Crippen LogP contribution in [0.2, 0.25) is 0 Å². The van der Waals surface area contributed by atoms with Gasteiger partial charge >= 0.3 is 0 Å². The zero-order valence-electron chi connectivity index (χ0n) is 11.9. The number of amides is 2. The highest BCUT2D eigenvalue weighted by Gasteiger charge is 2.18. The molecule has 0 atom stereocenters. The SMILES string of the molecule is COCCCN(CCC(=O)N1CCOCC1)C(C)=O. The average Bonchev–Trinajstić information content (AvgIpc) is 2.43. The molecule has 6 heteroatoms. The molecule has 0 spiro atoms. The monoisotopic (exact) mass is 272 g/mol. The number of nitrogens with zero attached hydrogens (tertiary/aromatic N) is 2. The lowest BCUT2D eigenvalue weighted by Gasteiger charge is -2.28. The molecular formula is C13H24N2O4. The molecule has 0 unspecified atom stereocenters. The van der Waals surface area contributed by atoms with Crippen LogP contribution in [0.3, 0.4) is 0 Å². The topological polar surface area (TPSA) is 59.1 Å². The number of carbonyl (C=O) groups excluding carboxylic acids is 2. The summed E-state index contributed by atoms with van der Waals surface area (Å²) in [6, 6.07) is 0. The number of methoxy groups -OCH3 is 1. The van der Waals surface area contributed by atoms with E-state index in [-0.39, 0.29) is 11.8 Å². The van der Waals surface area contributed by atoms with Gasteiger partial charge in [-0.2, -0.15) is 0 Å². The first-order valence-corrected chi connectivity index (χ1v) is 6.75. The summed E-state index contributed by atoms with van der Waals surface area (Å²) in [5.41, 5.74) is 0. The second kappa shape index (κ2) is 8.87. The van der Waals surface area contributed by atoms with E-state index in [1.807, 2.05) is 0 Å². The van der Waals surface area contributed by atoms with Crippen LogP contribution in [0.1, 0.15) is 19.8 Å². The van der Waals surface area contributed by atoms with E-state index in [0.29, 0.717) is 52.4 Å². The Labute approximate surface area is 114 Å². The molecule has 110 valence electrons. The molecule has 0 aromatic carbocycles. The summed E-state index contributed by atoms with van der Waals surface area (Å²) in [7, 11) is 1.64. The third kappa shape index (κ3) is 6.02. The number of hydrogen-bond donors (Lipinski definition) is 0. The van der Waals surface area contributed by atoms with Crippen LogP contribution in [0.4, 0.5) is 0 Å². The molecule has 0 N–H and O–H groups in total. The molecule has 1 fully saturated rings. The van der Waals surface area contributed by atoms with Crippen LogP contribution in [-0.4, -0.2) is 74.7 Å². The Morgan fingerprint density at radius 1 is 1.26 bits per heavy atom. The van der Waals surface area contributed by atoms with Crippen LogP contribution in [-0.2, 0) is 19.1 Å². The quantitative estimate of drug-likeness (QED) is 0.618. The van der Waals surface area contributed by atoms with Crippen molar-refractivity contribution in [1.82, 2.24) is 9.80 Å². The molecule has 2 amide bonds. The average molecular weight is 272 g/mol. The van der Waals surface area contributed by atoms with Gasteiger partial charge in [-0.15, -0.1) is 0 Å². The Morgan fingerprint density at radius 3 is 2.53 bits per heavy atom. The van der Waals surface area contributed by atoms with E-state index in [1.54, 1.807) is 16.9 Å². The van der Waals surface area contributed by atoms with E-state index in [9.17, 15) is 9.59 Å². The Hall–Kier alpha value is -1.14. The minimum absolute atomic E-state index is 0.00544. The molecule has 0 aromatic rings. The van der Waals surface area contributed by atoms with E-state index in [2.05, 4.69) is 0 Å². The van der Waals surface area contributed by atoms with E-state index < -0.39 is 0 Å². The predicted octanol–water partition coefficient (Wildman–Crippen LogP) is 0.120. The summed E-state index contributed by atoms with van der Waals surface area (Å²) in [6.07, 6.45) is 1.17. The van der Waals surface area contributed by atoms with E-state index in [4.69, 9.17) is 9.47 Å². The van der Waals surface area contributed by atoms with Gasteiger partial charge in [0.2, 0.25) is 11.8 Å². The Bertz CT molecular complexity index is 290. The van der Waals surface area contributed by atoms with Crippen molar-refractivity contribution >= 4 is 11.8 Å². The molecular weight excluding hydrogens is 248 g/mol. The molecule has 1 aliphatic heterocycles. The lowest BCUT2D eigenvalue weighted by atomic mass is 10.3. The van der Waals surface area contributed by atoms with Gasteiger partial charge in [0.05, 0.1) is 13.2 Å².